The van der Waals surface area contributed by atoms with E-state index in [4.69, 9.17) is 9.47 Å². The fourth-order valence-corrected chi connectivity index (χ4v) is 4.00. The molecule has 1 amide bonds. The lowest BCUT2D eigenvalue weighted by Crippen LogP contribution is -2.44. The summed E-state index contributed by atoms with van der Waals surface area (Å²) in [5, 5.41) is 5.47. The Balaban J connectivity index is 1.52. The minimum absolute atomic E-state index is 0.0638. The molecule has 1 heterocycles. The van der Waals surface area contributed by atoms with Gasteiger partial charge in [-0.1, -0.05) is 48.5 Å². The van der Waals surface area contributed by atoms with Gasteiger partial charge in [-0.25, -0.2) is 9.78 Å². The molecule has 2 aromatic carbocycles. The van der Waals surface area contributed by atoms with Gasteiger partial charge in [-0.2, -0.15) is 11.8 Å². The first-order valence-electron chi connectivity index (χ1n) is 9.78. The van der Waals surface area contributed by atoms with E-state index in [-0.39, 0.29) is 19.1 Å². The lowest BCUT2D eigenvalue weighted by molar-refractivity contribution is -0.149. The summed E-state index contributed by atoms with van der Waals surface area (Å²) in [4.78, 5) is 29.4. The lowest BCUT2D eigenvalue weighted by Gasteiger charge is -2.17. The Labute approximate surface area is 190 Å². The molecule has 0 spiro atoms. The van der Waals surface area contributed by atoms with E-state index in [1.807, 2.05) is 60.2 Å². The third-order valence-corrected chi connectivity index (χ3v) is 5.86. The van der Waals surface area contributed by atoms with Crippen LogP contribution in [0.2, 0.25) is 0 Å². The zero-order valence-corrected chi connectivity index (χ0v) is 18.8. The van der Waals surface area contributed by atoms with Gasteiger partial charge in [0.2, 0.25) is 0 Å². The average molecular weight is 457 g/mol. The number of carbonyl (C=O) groups is 2. The molecular weight excluding hydrogens is 432 g/mol. The molecule has 31 heavy (non-hydrogen) atoms. The van der Waals surface area contributed by atoms with E-state index in [0.717, 1.165) is 10.6 Å². The number of thioether (sulfide) groups is 1. The van der Waals surface area contributed by atoms with Crippen LogP contribution in [0, 0.1) is 0 Å². The monoisotopic (exact) mass is 456 g/mol. The summed E-state index contributed by atoms with van der Waals surface area (Å²) < 4.78 is 10.9. The first-order chi connectivity index (χ1) is 15.2. The second kappa shape index (κ2) is 12.1. The van der Waals surface area contributed by atoms with Crippen LogP contribution in [-0.2, 0) is 20.9 Å². The molecule has 1 atom stereocenters. The number of amides is 1. The molecule has 0 fully saturated rings. The van der Waals surface area contributed by atoms with Crippen molar-refractivity contribution >= 4 is 35.0 Å². The van der Waals surface area contributed by atoms with Gasteiger partial charge >= 0.3 is 5.97 Å². The van der Waals surface area contributed by atoms with Gasteiger partial charge in [-0.15, -0.1) is 11.3 Å². The molecule has 6 nitrogen and oxygen atoms in total. The van der Waals surface area contributed by atoms with Crippen LogP contribution in [0.5, 0.6) is 5.75 Å². The number of aromatic nitrogens is 1. The molecule has 8 heteroatoms. The summed E-state index contributed by atoms with van der Waals surface area (Å²) in [6, 6.07) is 18.2. The van der Waals surface area contributed by atoms with Gasteiger partial charge in [0, 0.05) is 10.9 Å². The normalized spacial score (nSPS) is 11.5. The first kappa shape index (κ1) is 22.8. The number of hydrogen-bond donors (Lipinski definition) is 1. The number of hydrogen-bond acceptors (Lipinski definition) is 7. The molecule has 0 bridgehead atoms. The highest BCUT2D eigenvalue weighted by molar-refractivity contribution is 7.98. The summed E-state index contributed by atoms with van der Waals surface area (Å²) in [6.07, 6.45) is 2.42. The van der Waals surface area contributed by atoms with Gasteiger partial charge in [0.25, 0.3) is 5.91 Å². The van der Waals surface area contributed by atoms with E-state index < -0.39 is 12.0 Å². The van der Waals surface area contributed by atoms with E-state index in [1.165, 1.54) is 11.3 Å². The third-order valence-electron chi connectivity index (χ3n) is 4.28. The second-order valence-electron chi connectivity index (χ2n) is 6.62. The summed E-state index contributed by atoms with van der Waals surface area (Å²) >= 11 is 3.10. The Hall–Kier alpha value is -2.84. The van der Waals surface area contributed by atoms with Crippen molar-refractivity contribution in [3.8, 4) is 16.3 Å². The molecule has 162 valence electrons. The van der Waals surface area contributed by atoms with Gasteiger partial charge in [0.1, 0.15) is 23.4 Å². The summed E-state index contributed by atoms with van der Waals surface area (Å²) in [7, 11) is 0. The number of nitrogens with one attached hydrogen (secondary N) is 1. The predicted octanol–water partition coefficient (Wildman–Crippen LogP) is 4.17. The van der Waals surface area contributed by atoms with Crippen molar-refractivity contribution in [3.05, 3.63) is 71.7 Å². The van der Waals surface area contributed by atoms with Crippen molar-refractivity contribution < 1.29 is 19.1 Å². The minimum atomic E-state index is -0.730. The van der Waals surface area contributed by atoms with Crippen LogP contribution in [0.3, 0.4) is 0 Å². The van der Waals surface area contributed by atoms with Crippen molar-refractivity contribution in [2.24, 2.45) is 0 Å². The van der Waals surface area contributed by atoms with Gasteiger partial charge in [-0.05, 0) is 30.6 Å². The fraction of sp³-hybridized carbons (Fsp3) is 0.261. The molecule has 1 unspecified atom stereocenters. The van der Waals surface area contributed by atoms with Crippen LogP contribution in [0.4, 0.5) is 0 Å². The quantitative estimate of drug-likeness (QED) is 0.437. The molecular formula is C23H24N2O4S2. The number of benzene rings is 2. The topological polar surface area (TPSA) is 77.5 Å². The lowest BCUT2D eigenvalue weighted by atomic mass is 10.2. The molecule has 0 saturated carbocycles. The van der Waals surface area contributed by atoms with Crippen LogP contribution in [0.25, 0.3) is 10.6 Å². The van der Waals surface area contributed by atoms with E-state index in [1.54, 1.807) is 23.9 Å². The van der Waals surface area contributed by atoms with E-state index in [2.05, 4.69) is 10.3 Å². The number of ether oxygens (including phenoxy) is 2. The zero-order valence-electron chi connectivity index (χ0n) is 17.2. The SMILES string of the molecule is CSCCC(NC(=O)COc1ccccc1)C(=O)OCc1csc(-c2ccccc2)n1. The van der Waals surface area contributed by atoms with Crippen molar-refractivity contribution in [2.45, 2.75) is 19.1 Å². The Morgan fingerprint density at radius 1 is 1.10 bits per heavy atom. The number of thiazole rings is 1. The highest BCUT2D eigenvalue weighted by atomic mass is 32.2. The van der Waals surface area contributed by atoms with Crippen molar-refractivity contribution in [1.82, 2.24) is 10.3 Å². The Kier molecular flexibility index (Phi) is 8.93. The Morgan fingerprint density at radius 3 is 2.52 bits per heavy atom. The predicted molar refractivity (Wildman–Crippen MR) is 124 cm³/mol. The first-order valence-corrected chi connectivity index (χ1v) is 12.1. The average Bonchev–Trinajstić information content (AvgIpc) is 3.29. The highest BCUT2D eigenvalue weighted by Crippen LogP contribution is 2.23. The van der Waals surface area contributed by atoms with Gasteiger partial charge in [0.15, 0.2) is 6.61 Å². The maximum Gasteiger partial charge on any atom is 0.329 e. The maximum atomic E-state index is 12.6. The smallest absolute Gasteiger partial charge is 0.329 e. The highest BCUT2D eigenvalue weighted by Gasteiger charge is 2.22. The number of esters is 1. The third kappa shape index (κ3) is 7.41. The van der Waals surface area contributed by atoms with Crippen LogP contribution in [0.15, 0.2) is 66.0 Å². The van der Waals surface area contributed by atoms with Gasteiger partial charge in [0.05, 0.1) is 5.69 Å². The Bertz CT molecular complexity index is 964. The fourth-order valence-electron chi connectivity index (χ4n) is 2.72. The maximum absolute atomic E-state index is 12.6. The molecule has 1 aromatic heterocycles. The summed E-state index contributed by atoms with van der Waals surface area (Å²) in [5.41, 5.74) is 1.70. The second-order valence-corrected chi connectivity index (χ2v) is 8.46. The van der Waals surface area contributed by atoms with Crippen molar-refractivity contribution in [3.63, 3.8) is 0 Å². The zero-order chi connectivity index (χ0) is 21.9. The number of rotatable bonds is 11. The van der Waals surface area contributed by atoms with Crippen LogP contribution in [-0.4, -0.2) is 41.5 Å². The van der Waals surface area contributed by atoms with Crippen LogP contribution >= 0.6 is 23.1 Å². The van der Waals surface area contributed by atoms with Crippen molar-refractivity contribution in [2.75, 3.05) is 18.6 Å². The Morgan fingerprint density at radius 2 is 1.81 bits per heavy atom. The van der Waals surface area contributed by atoms with E-state index in [0.29, 0.717) is 23.6 Å². The van der Waals surface area contributed by atoms with Gasteiger partial charge < -0.3 is 14.8 Å². The summed E-state index contributed by atoms with van der Waals surface area (Å²) in [6.45, 7) is -0.103. The van der Waals surface area contributed by atoms with Crippen LogP contribution < -0.4 is 10.1 Å². The summed E-state index contributed by atoms with van der Waals surface area (Å²) in [5.74, 6) is 0.469. The standard InChI is InChI=1S/C23H24N2O4S2/c1-30-13-12-20(25-21(26)15-28-19-10-6-3-7-11-19)23(27)29-14-18-16-31-22(24-18)17-8-4-2-5-9-17/h2-11,16,20H,12-15H2,1H3,(H,25,26). The molecule has 3 rings (SSSR count). The molecule has 3 aromatic rings. The minimum Gasteiger partial charge on any atom is -0.484 e. The molecule has 0 aliphatic rings. The number of para-hydroxylation sites is 1. The van der Waals surface area contributed by atoms with E-state index >= 15 is 0 Å². The van der Waals surface area contributed by atoms with Gasteiger partial charge in [-0.3, -0.25) is 4.79 Å². The molecule has 0 aliphatic carbocycles. The number of nitrogens with zero attached hydrogens (tertiary/aromatic N) is 1. The van der Waals surface area contributed by atoms with E-state index in [9.17, 15) is 9.59 Å². The number of carbonyl (C=O) groups excluding carboxylic acids is 2. The molecule has 0 radical (unpaired) electrons. The largest absolute Gasteiger partial charge is 0.484 e. The molecule has 0 saturated heterocycles. The van der Waals surface area contributed by atoms with Crippen molar-refractivity contribution in [1.29, 1.82) is 0 Å². The molecule has 1 N–H and O–H groups in total. The van der Waals surface area contributed by atoms with Crippen LogP contribution in [0.1, 0.15) is 12.1 Å². The molecule has 0 aliphatic heterocycles.